The van der Waals surface area contributed by atoms with Gasteiger partial charge in [-0.1, -0.05) is 0 Å². The molecule has 0 bridgehead atoms. The molecule has 4 heterocycles. The summed E-state index contributed by atoms with van der Waals surface area (Å²) < 4.78 is 15.0. The average Bonchev–Trinajstić information content (AvgIpc) is 3.81. The van der Waals surface area contributed by atoms with E-state index in [-0.39, 0.29) is 23.3 Å². The van der Waals surface area contributed by atoms with Crippen molar-refractivity contribution in [1.82, 2.24) is 9.97 Å². The molecule has 0 aliphatic carbocycles. The fourth-order valence-corrected chi connectivity index (χ4v) is 4.16. The number of aliphatic imine (C=N–C) groups is 2. The number of hydrogen-bond donors (Lipinski definition) is 2. The van der Waals surface area contributed by atoms with Gasteiger partial charge in [-0.15, -0.1) is 0 Å². The Kier molecular flexibility index (Phi) is 9.07. The van der Waals surface area contributed by atoms with Crippen LogP contribution in [-0.2, 0) is 38.4 Å². The van der Waals surface area contributed by atoms with Crippen LogP contribution >= 0.6 is 0 Å². The molecule has 212 valence electrons. The third-order valence-corrected chi connectivity index (χ3v) is 6.15. The number of aromatic amines is 2. The molecule has 2 aromatic heterocycles. The maximum absolute atomic E-state index is 13.0. The number of methoxy groups -OCH3 is 3. The quantitative estimate of drug-likeness (QED) is 0.154. The molecule has 0 spiro atoms. The first-order valence-electron chi connectivity index (χ1n) is 12.3. The Morgan fingerprint density at radius 1 is 0.732 bits per heavy atom. The lowest BCUT2D eigenvalue weighted by Gasteiger charge is -2.06. The van der Waals surface area contributed by atoms with E-state index in [4.69, 9.17) is 19.1 Å². The summed E-state index contributed by atoms with van der Waals surface area (Å²) in [6, 6.07) is 6.52. The lowest BCUT2D eigenvalue weighted by atomic mass is 10.1. The van der Waals surface area contributed by atoms with Crippen molar-refractivity contribution in [2.45, 2.75) is 6.92 Å². The summed E-state index contributed by atoms with van der Waals surface area (Å²) in [6.45, 7) is 2.02. The van der Waals surface area contributed by atoms with Crippen LogP contribution in [-0.4, -0.2) is 74.8 Å². The summed E-state index contributed by atoms with van der Waals surface area (Å²) in [4.78, 5) is 63.0. The first-order chi connectivity index (χ1) is 19.8. The number of nitrogens with zero attached hydrogens (tertiary/aromatic N) is 2. The molecule has 2 aliphatic rings. The van der Waals surface area contributed by atoms with Crippen molar-refractivity contribution in [2.75, 3.05) is 35.0 Å². The summed E-state index contributed by atoms with van der Waals surface area (Å²) in [7, 11) is 5.20. The summed E-state index contributed by atoms with van der Waals surface area (Å²) in [6.07, 6.45) is 8.36. The Morgan fingerprint density at radius 2 is 1.34 bits per heavy atom. The van der Waals surface area contributed by atoms with Crippen LogP contribution in [0.1, 0.15) is 18.3 Å². The monoisotopic (exact) mass is 560 g/mol. The van der Waals surface area contributed by atoms with Gasteiger partial charge in [0, 0.05) is 6.21 Å². The molecule has 2 N–H and O–H groups in total. The Hall–Kier alpha value is -5.07. The lowest BCUT2D eigenvalue weighted by molar-refractivity contribution is -0.265. The highest BCUT2D eigenvalue weighted by molar-refractivity contribution is 6.44. The molecule has 0 amide bonds. The van der Waals surface area contributed by atoms with E-state index in [0.717, 1.165) is 5.57 Å². The number of H-pyrrole nitrogens is 2. The van der Waals surface area contributed by atoms with E-state index in [1.54, 1.807) is 54.8 Å². The van der Waals surface area contributed by atoms with Gasteiger partial charge in [-0.2, -0.15) is 0 Å². The van der Waals surface area contributed by atoms with E-state index in [1.807, 2.05) is 6.92 Å². The van der Waals surface area contributed by atoms with Crippen LogP contribution < -0.4 is 10.7 Å². The van der Waals surface area contributed by atoms with E-state index < -0.39 is 17.9 Å². The van der Waals surface area contributed by atoms with Crippen molar-refractivity contribution < 1.29 is 38.4 Å². The van der Waals surface area contributed by atoms with Gasteiger partial charge < -0.3 is 24.2 Å². The number of aromatic nitrogens is 2. The Bertz CT molecular complexity index is 1680. The zero-order valence-corrected chi connectivity index (χ0v) is 23.1. The van der Waals surface area contributed by atoms with Gasteiger partial charge in [-0.25, -0.2) is 29.2 Å². The summed E-state index contributed by atoms with van der Waals surface area (Å²) >= 11 is 0. The Balaban J connectivity index is 1.88. The first-order valence-corrected chi connectivity index (χ1v) is 12.3. The third kappa shape index (κ3) is 6.08. The fraction of sp³-hybridized carbons (Fsp3) is 0.207. The number of esters is 3. The van der Waals surface area contributed by atoms with Crippen LogP contribution in [0.4, 0.5) is 0 Å². The number of rotatable bonds is 9. The van der Waals surface area contributed by atoms with E-state index in [0.29, 0.717) is 39.2 Å². The summed E-state index contributed by atoms with van der Waals surface area (Å²) in [5.74, 6) is -1.89. The van der Waals surface area contributed by atoms with Crippen molar-refractivity contribution >= 4 is 46.6 Å². The zero-order valence-electron chi connectivity index (χ0n) is 23.1. The topological polar surface area (TPSA) is 154 Å². The molecule has 0 fully saturated rings. The molecule has 12 nitrogen and oxygen atoms in total. The predicted molar refractivity (Wildman–Crippen MR) is 150 cm³/mol. The SMILES string of the molecule is COOC/C(C)=C1\C=CC(C(C(=O)OC)=c2cc/c(=C(\C(=O)OC)c3ccc(/C(C(=O)OC)=C4/C=CC=N4)[nH]3)[nH]2)=N1. The van der Waals surface area contributed by atoms with Crippen LogP contribution in [0.15, 0.2) is 75.5 Å². The van der Waals surface area contributed by atoms with Crippen LogP contribution in [0.3, 0.4) is 0 Å². The second kappa shape index (κ2) is 12.9. The zero-order chi connectivity index (χ0) is 29.5. The maximum atomic E-state index is 13.0. The van der Waals surface area contributed by atoms with Crippen LogP contribution in [0.2, 0.25) is 0 Å². The molecule has 0 saturated carbocycles. The molecule has 4 rings (SSSR count). The molecular formula is C29H28N4O8. The average molecular weight is 561 g/mol. The number of allylic oxidation sites excluding steroid dienone is 4. The van der Waals surface area contributed by atoms with Crippen molar-refractivity contribution in [3.8, 4) is 0 Å². The fourth-order valence-electron chi connectivity index (χ4n) is 4.16. The lowest BCUT2D eigenvalue weighted by Crippen LogP contribution is -2.25. The molecule has 0 unspecified atom stereocenters. The van der Waals surface area contributed by atoms with E-state index in [2.05, 4.69) is 24.8 Å². The van der Waals surface area contributed by atoms with Crippen molar-refractivity contribution in [3.05, 3.63) is 87.6 Å². The van der Waals surface area contributed by atoms with Crippen molar-refractivity contribution in [2.24, 2.45) is 9.98 Å². The second-order valence-corrected chi connectivity index (χ2v) is 8.62. The van der Waals surface area contributed by atoms with Crippen LogP contribution in [0.5, 0.6) is 0 Å². The smallest absolute Gasteiger partial charge is 0.342 e. The van der Waals surface area contributed by atoms with Gasteiger partial charge in [0.05, 0.1) is 67.6 Å². The number of nitrogens with one attached hydrogen (secondary N) is 2. The van der Waals surface area contributed by atoms with Crippen molar-refractivity contribution in [1.29, 1.82) is 0 Å². The molecule has 2 aliphatic heterocycles. The largest absolute Gasteiger partial charge is 0.465 e. The number of carbonyl (C=O) groups excluding carboxylic acids is 3. The van der Waals surface area contributed by atoms with Gasteiger partial charge in [0.25, 0.3) is 0 Å². The number of ether oxygens (including phenoxy) is 3. The molecule has 41 heavy (non-hydrogen) atoms. The normalized spacial score (nSPS) is 17.7. The minimum absolute atomic E-state index is 0.131. The highest BCUT2D eigenvalue weighted by Crippen LogP contribution is 2.25. The summed E-state index contributed by atoms with van der Waals surface area (Å²) in [5, 5.41) is 0.703. The highest BCUT2D eigenvalue weighted by Gasteiger charge is 2.24. The standard InChI is InChI=1S/C29H28N4O8/c1-16(15-41-40-5)17-8-9-20(31-17)25(28(35)38-3)21-12-13-23(33-21)26(29(36)39-4)22-11-10-19(32-22)24(27(34)37-2)18-7-6-14-30-18/h6-14,32-33H,15H2,1-5H3/b17-16+,24-18+,25-21?,26-23+. The van der Waals surface area contributed by atoms with Gasteiger partial charge in [0.1, 0.15) is 23.3 Å². The molecular weight excluding hydrogens is 532 g/mol. The maximum Gasteiger partial charge on any atom is 0.342 e. The number of hydrogen-bond acceptors (Lipinski definition) is 10. The Morgan fingerprint density at radius 3 is 1.95 bits per heavy atom. The van der Waals surface area contributed by atoms with E-state index in [1.165, 1.54) is 28.4 Å². The first kappa shape index (κ1) is 28.9. The minimum atomic E-state index is -0.658. The molecule has 0 atom stereocenters. The molecule has 12 heteroatoms. The van der Waals surface area contributed by atoms with E-state index >= 15 is 0 Å². The third-order valence-electron chi connectivity index (χ3n) is 6.15. The van der Waals surface area contributed by atoms with Gasteiger partial charge in [0.2, 0.25) is 0 Å². The predicted octanol–water partition coefficient (Wildman–Crippen LogP) is 1.43. The van der Waals surface area contributed by atoms with Crippen LogP contribution in [0.25, 0.3) is 16.7 Å². The van der Waals surface area contributed by atoms with E-state index in [9.17, 15) is 14.4 Å². The highest BCUT2D eigenvalue weighted by atomic mass is 17.2. The molecule has 0 saturated heterocycles. The van der Waals surface area contributed by atoms with Gasteiger partial charge >= 0.3 is 17.9 Å². The van der Waals surface area contributed by atoms with Crippen LogP contribution in [0, 0.1) is 0 Å². The summed E-state index contributed by atoms with van der Waals surface area (Å²) in [5.41, 5.74) is 3.40. The van der Waals surface area contributed by atoms with Gasteiger partial charge in [-0.3, -0.25) is 4.99 Å². The Labute approximate surface area is 234 Å². The minimum Gasteiger partial charge on any atom is -0.465 e. The van der Waals surface area contributed by atoms with Gasteiger partial charge in [-0.05, 0) is 61.1 Å². The second-order valence-electron chi connectivity index (χ2n) is 8.62. The molecule has 0 radical (unpaired) electrons. The number of carbonyl (C=O) groups is 3. The van der Waals surface area contributed by atoms with Crippen molar-refractivity contribution in [3.63, 3.8) is 0 Å². The van der Waals surface area contributed by atoms with Gasteiger partial charge in [0.15, 0.2) is 0 Å². The molecule has 0 aromatic carbocycles. The molecule has 2 aromatic rings.